The van der Waals surface area contributed by atoms with Gasteiger partial charge in [-0.15, -0.1) is 0 Å². The summed E-state index contributed by atoms with van der Waals surface area (Å²) in [6.07, 6.45) is 0. The van der Waals surface area contributed by atoms with Gasteiger partial charge in [-0.05, 0) is 42.4 Å². The highest BCUT2D eigenvalue weighted by molar-refractivity contribution is 8.03. The number of rotatable bonds is 2. The minimum absolute atomic E-state index is 0.250. The Kier molecular flexibility index (Phi) is 2.93. The van der Waals surface area contributed by atoms with Crippen LogP contribution in [0.25, 0.3) is 0 Å². The summed E-state index contributed by atoms with van der Waals surface area (Å²) in [5.74, 6) is -0.948. The zero-order chi connectivity index (χ0) is 9.84. The largest absolute Gasteiger partial charge is 0.478 e. The molecule has 0 amide bonds. The monoisotopic (exact) mass is 193 g/mol. The number of hydrogen-bond acceptors (Lipinski definition) is 3. The summed E-state index contributed by atoms with van der Waals surface area (Å²) in [5, 5.41) is 19.0. The normalized spacial score (nSPS) is 9.23. The Balaban J connectivity index is 3.07. The first-order chi connectivity index (χ1) is 6.15. The van der Waals surface area contributed by atoms with E-state index in [1.54, 1.807) is 19.1 Å². The van der Waals surface area contributed by atoms with Gasteiger partial charge in [-0.25, -0.2) is 4.79 Å². The molecule has 0 saturated heterocycles. The minimum atomic E-state index is -0.948. The summed E-state index contributed by atoms with van der Waals surface area (Å²) in [7, 11) is 0. The standard InChI is InChI=1S/C9H7NO2S/c1-6-4-7(9(11)12)2-3-8(6)13-5-10/h2-4H,1H3,(H,11,12). The van der Waals surface area contributed by atoms with Gasteiger partial charge in [0.05, 0.1) is 5.56 Å². The summed E-state index contributed by atoms with van der Waals surface area (Å²) >= 11 is 1.03. The molecule has 0 radical (unpaired) electrons. The first-order valence-corrected chi connectivity index (χ1v) is 4.36. The number of thiocyanates is 1. The molecule has 0 aliphatic heterocycles. The maximum Gasteiger partial charge on any atom is 0.335 e. The predicted octanol–water partition coefficient (Wildman–Crippen LogP) is 2.27. The second kappa shape index (κ2) is 3.97. The van der Waals surface area contributed by atoms with Gasteiger partial charge >= 0.3 is 5.97 Å². The van der Waals surface area contributed by atoms with E-state index in [2.05, 4.69) is 0 Å². The molecule has 0 spiro atoms. The van der Waals surface area contributed by atoms with Gasteiger partial charge in [-0.3, -0.25) is 0 Å². The van der Waals surface area contributed by atoms with Crippen LogP contribution >= 0.6 is 11.8 Å². The molecule has 1 rings (SSSR count). The quantitative estimate of drug-likeness (QED) is 0.578. The second-order valence-electron chi connectivity index (χ2n) is 2.48. The Morgan fingerprint density at radius 3 is 2.77 bits per heavy atom. The van der Waals surface area contributed by atoms with Crippen molar-refractivity contribution < 1.29 is 9.90 Å². The van der Waals surface area contributed by atoms with Gasteiger partial charge in [0.1, 0.15) is 5.40 Å². The molecule has 0 aliphatic rings. The van der Waals surface area contributed by atoms with Crippen molar-refractivity contribution in [2.75, 3.05) is 0 Å². The van der Waals surface area contributed by atoms with E-state index < -0.39 is 5.97 Å². The highest BCUT2D eigenvalue weighted by Crippen LogP contribution is 2.21. The molecule has 0 unspecified atom stereocenters. The fourth-order valence-electron chi connectivity index (χ4n) is 0.946. The molecule has 0 bridgehead atoms. The van der Waals surface area contributed by atoms with Crippen LogP contribution in [-0.2, 0) is 0 Å². The van der Waals surface area contributed by atoms with Crippen LogP contribution in [-0.4, -0.2) is 11.1 Å². The molecule has 13 heavy (non-hydrogen) atoms. The number of carbonyl (C=O) groups is 1. The molecule has 3 nitrogen and oxygen atoms in total. The molecular formula is C9H7NO2S. The van der Waals surface area contributed by atoms with Crippen LogP contribution in [0.15, 0.2) is 23.1 Å². The van der Waals surface area contributed by atoms with Crippen molar-refractivity contribution in [2.24, 2.45) is 0 Å². The summed E-state index contributed by atoms with van der Waals surface area (Å²) in [4.78, 5) is 11.3. The van der Waals surface area contributed by atoms with Crippen LogP contribution < -0.4 is 0 Å². The first-order valence-electron chi connectivity index (χ1n) is 3.55. The van der Waals surface area contributed by atoms with Crippen LogP contribution in [0, 0.1) is 17.6 Å². The fourth-order valence-corrected chi connectivity index (χ4v) is 1.40. The lowest BCUT2D eigenvalue weighted by atomic mass is 10.1. The Labute approximate surface area is 80.0 Å². The van der Waals surface area contributed by atoms with E-state index in [0.29, 0.717) is 0 Å². The molecule has 1 N–H and O–H groups in total. The minimum Gasteiger partial charge on any atom is -0.478 e. The van der Waals surface area contributed by atoms with E-state index in [9.17, 15) is 4.79 Å². The Morgan fingerprint density at radius 2 is 2.31 bits per heavy atom. The molecule has 0 aliphatic carbocycles. The lowest BCUT2D eigenvalue weighted by molar-refractivity contribution is 0.0696. The highest BCUT2D eigenvalue weighted by Gasteiger charge is 2.05. The molecule has 4 heteroatoms. The van der Waals surface area contributed by atoms with E-state index in [4.69, 9.17) is 10.4 Å². The smallest absolute Gasteiger partial charge is 0.335 e. The Bertz CT molecular complexity index is 382. The van der Waals surface area contributed by atoms with E-state index in [-0.39, 0.29) is 5.56 Å². The predicted molar refractivity (Wildman–Crippen MR) is 49.6 cm³/mol. The number of aryl methyl sites for hydroxylation is 1. The van der Waals surface area contributed by atoms with Gasteiger partial charge in [0.15, 0.2) is 0 Å². The van der Waals surface area contributed by atoms with Gasteiger partial charge in [-0.2, -0.15) is 5.26 Å². The van der Waals surface area contributed by atoms with Crippen molar-refractivity contribution in [3.63, 3.8) is 0 Å². The fraction of sp³-hybridized carbons (Fsp3) is 0.111. The van der Waals surface area contributed by atoms with Crippen molar-refractivity contribution >= 4 is 17.7 Å². The lowest BCUT2D eigenvalue weighted by Gasteiger charge is -2.00. The van der Waals surface area contributed by atoms with Gasteiger partial charge in [0.25, 0.3) is 0 Å². The average molecular weight is 193 g/mol. The molecule has 66 valence electrons. The van der Waals surface area contributed by atoms with Crippen LogP contribution in [0.3, 0.4) is 0 Å². The third-order valence-electron chi connectivity index (χ3n) is 1.58. The molecule has 1 aromatic rings. The SMILES string of the molecule is Cc1cc(C(=O)O)ccc1SC#N. The summed E-state index contributed by atoms with van der Waals surface area (Å²) in [6.45, 7) is 1.78. The van der Waals surface area contributed by atoms with E-state index in [1.807, 2.05) is 5.40 Å². The zero-order valence-electron chi connectivity index (χ0n) is 6.94. The van der Waals surface area contributed by atoms with Crippen molar-refractivity contribution in [1.82, 2.24) is 0 Å². The summed E-state index contributed by atoms with van der Waals surface area (Å²) < 4.78 is 0. The highest BCUT2D eigenvalue weighted by atomic mass is 32.2. The Morgan fingerprint density at radius 1 is 1.62 bits per heavy atom. The number of nitrogens with zero attached hydrogens (tertiary/aromatic N) is 1. The van der Waals surface area contributed by atoms with Crippen LogP contribution in [0.5, 0.6) is 0 Å². The number of carboxylic acids is 1. The Hall–Kier alpha value is -1.47. The topological polar surface area (TPSA) is 61.1 Å². The molecule has 0 aromatic heterocycles. The molecule has 0 atom stereocenters. The number of hydrogen-bond donors (Lipinski definition) is 1. The van der Waals surface area contributed by atoms with Crippen LogP contribution in [0.1, 0.15) is 15.9 Å². The maximum atomic E-state index is 10.6. The molecule has 0 saturated carbocycles. The average Bonchev–Trinajstić information content (AvgIpc) is 2.08. The van der Waals surface area contributed by atoms with E-state index in [1.165, 1.54) is 6.07 Å². The van der Waals surface area contributed by atoms with Crippen molar-refractivity contribution in [2.45, 2.75) is 11.8 Å². The van der Waals surface area contributed by atoms with Gasteiger partial charge in [0.2, 0.25) is 0 Å². The number of carboxylic acid groups (broad SMARTS) is 1. The van der Waals surface area contributed by atoms with Crippen LogP contribution in [0.2, 0.25) is 0 Å². The van der Waals surface area contributed by atoms with Crippen molar-refractivity contribution in [3.05, 3.63) is 29.3 Å². The van der Waals surface area contributed by atoms with Gasteiger partial charge in [-0.1, -0.05) is 0 Å². The van der Waals surface area contributed by atoms with Crippen molar-refractivity contribution in [3.8, 4) is 5.40 Å². The van der Waals surface area contributed by atoms with Gasteiger partial charge in [0, 0.05) is 4.90 Å². The van der Waals surface area contributed by atoms with E-state index in [0.717, 1.165) is 22.2 Å². The van der Waals surface area contributed by atoms with Gasteiger partial charge < -0.3 is 5.11 Å². The molecule has 1 aromatic carbocycles. The maximum absolute atomic E-state index is 10.6. The van der Waals surface area contributed by atoms with Crippen molar-refractivity contribution in [1.29, 1.82) is 5.26 Å². The number of thioether (sulfide) groups is 1. The number of benzene rings is 1. The molecule has 0 heterocycles. The lowest BCUT2D eigenvalue weighted by Crippen LogP contribution is -1.96. The summed E-state index contributed by atoms with van der Waals surface area (Å²) in [5.41, 5.74) is 1.06. The number of aromatic carboxylic acids is 1. The number of nitriles is 1. The molecular weight excluding hydrogens is 186 g/mol. The summed E-state index contributed by atoms with van der Waals surface area (Å²) in [6, 6.07) is 4.70. The first kappa shape index (κ1) is 9.62. The third kappa shape index (κ3) is 2.23. The third-order valence-corrected chi connectivity index (χ3v) is 2.35. The zero-order valence-corrected chi connectivity index (χ0v) is 7.76. The molecule has 0 fully saturated rings. The van der Waals surface area contributed by atoms with Crippen LogP contribution in [0.4, 0.5) is 0 Å². The van der Waals surface area contributed by atoms with E-state index >= 15 is 0 Å². The second-order valence-corrected chi connectivity index (χ2v) is 3.31.